The Hall–Kier alpha value is -1.58. The molecule has 2 aliphatic carbocycles. The SMILES string of the molecule is Cc1ccc2cnc(-c3[c-]cccc3)cc2c1.OC1CCCCC2CCCCC(O)C12.[Ir]. The van der Waals surface area contributed by atoms with Crippen LogP contribution in [0.2, 0.25) is 0 Å². The van der Waals surface area contributed by atoms with Crippen LogP contribution in [-0.2, 0) is 20.1 Å². The van der Waals surface area contributed by atoms with E-state index in [4.69, 9.17) is 0 Å². The summed E-state index contributed by atoms with van der Waals surface area (Å²) in [6.45, 7) is 2.11. The average molecular weight is 609 g/mol. The van der Waals surface area contributed by atoms with Crippen molar-refractivity contribution in [2.75, 3.05) is 0 Å². The molecule has 5 rings (SSSR count). The van der Waals surface area contributed by atoms with Gasteiger partial charge in [0, 0.05) is 32.2 Å². The van der Waals surface area contributed by atoms with E-state index in [2.05, 4.69) is 42.2 Å². The Morgan fingerprint density at radius 2 is 1.53 bits per heavy atom. The number of aliphatic hydroxyl groups excluding tert-OH is 2. The number of fused-ring (bicyclic) bond motifs is 2. The molecule has 0 saturated heterocycles. The number of aryl methyl sites for hydroxylation is 1. The minimum Gasteiger partial charge on any atom is -0.393 e. The first-order valence-corrected chi connectivity index (χ1v) is 11.8. The summed E-state index contributed by atoms with van der Waals surface area (Å²) < 4.78 is 0. The Morgan fingerprint density at radius 1 is 0.844 bits per heavy atom. The maximum absolute atomic E-state index is 10.0. The molecule has 0 aliphatic heterocycles. The van der Waals surface area contributed by atoms with Gasteiger partial charge in [-0.15, -0.1) is 35.9 Å². The standard InChI is InChI=1S/C16H12N.C12H22O2.Ir/c1-12-7-8-14-11-17-16(10-15(14)9-12)13-5-3-2-4-6-13;13-10-7-3-1-5-9-6-2-4-8-11(14)12(9)10;/h2-5,7-11H,1H3;9-14H,1-8H2;/q-1;;. The first-order chi connectivity index (χ1) is 15.1. The molecule has 2 atom stereocenters. The molecule has 0 bridgehead atoms. The van der Waals surface area contributed by atoms with E-state index in [9.17, 15) is 10.2 Å². The Balaban J connectivity index is 0.000000178. The zero-order valence-corrected chi connectivity index (χ0v) is 21.2. The van der Waals surface area contributed by atoms with Crippen LogP contribution in [-0.4, -0.2) is 27.4 Å². The fraction of sp³-hybridized carbons (Fsp3) is 0.464. The molecule has 2 fully saturated rings. The van der Waals surface area contributed by atoms with Gasteiger partial charge >= 0.3 is 0 Å². The number of nitrogens with zero attached hydrogens (tertiary/aromatic N) is 1. The molecule has 2 unspecified atom stereocenters. The Morgan fingerprint density at radius 3 is 2.19 bits per heavy atom. The Labute approximate surface area is 205 Å². The van der Waals surface area contributed by atoms with Crippen LogP contribution in [0.15, 0.2) is 54.7 Å². The fourth-order valence-corrected chi connectivity index (χ4v) is 5.28. The maximum atomic E-state index is 10.0. The molecule has 2 aliphatic rings. The molecule has 0 spiro atoms. The minimum absolute atomic E-state index is 0. The zero-order valence-electron chi connectivity index (χ0n) is 18.8. The van der Waals surface area contributed by atoms with Crippen molar-refractivity contribution in [1.82, 2.24) is 4.98 Å². The third kappa shape index (κ3) is 6.26. The molecule has 0 amide bonds. The van der Waals surface area contributed by atoms with E-state index in [1.807, 2.05) is 30.5 Å². The molecule has 4 heteroatoms. The van der Waals surface area contributed by atoms with Crippen LogP contribution in [0.25, 0.3) is 22.0 Å². The van der Waals surface area contributed by atoms with Crippen molar-refractivity contribution in [2.45, 2.75) is 70.5 Å². The molecule has 1 radical (unpaired) electrons. The Kier molecular flexibility index (Phi) is 9.43. The number of hydrogen-bond donors (Lipinski definition) is 2. The molecule has 1 aromatic heterocycles. The molecule has 3 nitrogen and oxygen atoms in total. The summed E-state index contributed by atoms with van der Waals surface area (Å²) in [5.41, 5.74) is 3.28. The number of aromatic nitrogens is 1. The number of aliphatic hydroxyl groups is 2. The second-order valence-electron chi connectivity index (χ2n) is 9.24. The molecule has 173 valence electrons. The van der Waals surface area contributed by atoms with Gasteiger partial charge in [0.05, 0.1) is 12.2 Å². The van der Waals surface area contributed by atoms with Gasteiger partial charge in [0.2, 0.25) is 0 Å². The van der Waals surface area contributed by atoms with Crippen LogP contribution < -0.4 is 0 Å². The maximum Gasteiger partial charge on any atom is 0.0595 e. The summed E-state index contributed by atoms with van der Waals surface area (Å²) in [7, 11) is 0. The van der Waals surface area contributed by atoms with E-state index >= 15 is 0 Å². The van der Waals surface area contributed by atoms with Crippen molar-refractivity contribution in [3.05, 3.63) is 66.4 Å². The smallest absolute Gasteiger partial charge is 0.0595 e. The van der Waals surface area contributed by atoms with Crippen LogP contribution in [0.4, 0.5) is 0 Å². The van der Waals surface area contributed by atoms with Crippen LogP contribution in [0.1, 0.15) is 56.9 Å². The van der Waals surface area contributed by atoms with E-state index in [1.165, 1.54) is 42.0 Å². The zero-order chi connectivity index (χ0) is 21.6. The first kappa shape index (κ1) is 25.0. The van der Waals surface area contributed by atoms with Gasteiger partial charge in [-0.3, -0.25) is 0 Å². The third-order valence-corrected chi connectivity index (χ3v) is 6.94. The summed E-state index contributed by atoms with van der Waals surface area (Å²) in [4.78, 5) is 4.48. The van der Waals surface area contributed by atoms with Crippen molar-refractivity contribution in [3.8, 4) is 11.3 Å². The second-order valence-corrected chi connectivity index (χ2v) is 9.24. The minimum atomic E-state index is -0.240. The number of benzene rings is 2. The summed E-state index contributed by atoms with van der Waals surface area (Å²) >= 11 is 0. The van der Waals surface area contributed by atoms with Gasteiger partial charge in [-0.1, -0.05) is 55.5 Å². The van der Waals surface area contributed by atoms with Gasteiger partial charge < -0.3 is 15.2 Å². The quantitative estimate of drug-likeness (QED) is 0.329. The van der Waals surface area contributed by atoms with Gasteiger partial charge in [-0.2, -0.15) is 0 Å². The van der Waals surface area contributed by atoms with Crippen molar-refractivity contribution in [1.29, 1.82) is 0 Å². The molecule has 2 N–H and O–H groups in total. The molecule has 32 heavy (non-hydrogen) atoms. The largest absolute Gasteiger partial charge is 0.393 e. The van der Waals surface area contributed by atoms with E-state index < -0.39 is 0 Å². The average Bonchev–Trinajstić information content (AvgIpc) is 3.09. The normalized spacial score (nSPS) is 25.3. The summed E-state index contributed by atoms with van der Waals surface area (Å²) in [6, 6.07) is 19.6. The molecular weight excluding hydrogens is 575 g/mol. The first-order valence-electron chi connectivity index (χ1n) is 11.8. The van der Waals surface area contributed by atoms with Crippen molar-refractivity contribution in [2.24, 2.45) is 11.8 Å². The molecular formula is C28H34IrNO2-. The summed E-state index contributed by atoms with van der Waals surface area (Å²) in [6.07, 6.45) is 10.4. The van der Waals surface area contributed by atoms with Crippen molar-refractivity contribution >= 4 is 10.8 Å². The van der Waals surface area contributed by atoms with E-state index in [1.54, 1.807) is 0 Å². The van der Waals surface area contributed by atoms with Gasteiger partial charge in [-0.25, -0.2) is 0 Å². The predicted octanol–water partition coefficient (Wildman–Crippen LogP) is 6.10. The number of pyridine rings is 1. The molecule has 2 saturated carbocycles. The van der Waals surface area contributed by atoms with Gasteiger partial charge in [0.25, 0.3) is 0 Å². The van der Waals surface area contributed by atoms with Crippen molar-refractivity contribution < 1.29 is 30.3 Å². The summed E-state index contributed by atoms with van der Waals surface area (Å²) in [5, 5.41) is 22.4. The molecule has 3 aromatic rings. The van der Waals surface area contributed by atoms with E-state index in [0.717, 1.165) is 36.9 Å². The van der Waals surface area contributed by atoms with E-state index in [-0.39, 0.29) is 38.2 Å². The third-order valence-electron chi connectivity index (χ3n) is 6.94. The topological polar surface area (TPSA) is 53.4 Å². The monoisotopic (exact) mass is 609 g/mol. The van der Waals surface area contributed by atoms with E-state index in [0.29, 0.717) is 5.92 Å². The van der Waals surface area contributed by atoms with Crippen molar-refractivity contribution in [3.63, 3.8) is 0 Å². The summed E-state index contributed by atoms with van der Waals surface area (Å²) in [5.74, 6) is 0.769. The van der Waals surface area contributed by atoms with Crippen LogP contribution in [0.3, 0.4) is 0 Å². The number of rotatable bonds is 1. The fourth-order valence-electron chi connectivity index (χ4n) is 5.28. The van der Waals surface area contributed by atoms with Crippen LogP contribution >= 0.6 is 0 Å². The number of hydrogen-bond acceptors (Lipinski definition) is 3. The Bertz CT molecular complexity index is 960. The second kappa shape index (κ2) is 12.0. The predicted molar refractivity (Wildman–Crippen MR) is 127 cm³/mol. The van der Waals surface area contributed by atoms with Gasteiger partial charge in [-0.05, 0) is 55.0 Å². The van der Waals surface area contributed by atoms with Crippen LogP contribution in [0.5, 0.6) is 0 Å². The molecule has 2 aromatic carbocycles. The molecule has 1 heterocycles. The van der Waals surface area contributed by atoms with Gasteiger partial charge in [0.1, 0.15) is 0 Å². The van der Waals surface area contributed by atoms with Gasteiger partial charge in [0.15, 0.2) is 0 Å². The van der Waals surface area contributed by atoms with Crippen LogP contribution in [0, 0.1) is 24.8 Å².